The molecule has 0 radical (unpaired) electrons. The average Bonchev–Trinajstić information content (AvgIpc) is 1.71. The number of H-pyrrole nitrogens is 1. The number of aromatic amines is 1. The number of unbranched alkanes of at least 4 members (excludes halogenated alkanes) is 1. The zero-order chi connectivity index (χ0) is 61.0. The number of rotatable bonds is 18. The molecule has 2 aromatic heterocycles. The number of hydrogen-bond donors (Lipinski definition) is 8. The fourth-order valence-electron chi connectivity index (χ4n) is 11.5. The van der Waals surface area contributed by atoms with Crippen molar-refractivity contribution in [3.63, 3.8) is 0 Å². The lowest BCUT2D eigenvalue weighted by Crippen LogP contribution is -2.62. The fraction of sp³-hybridized carbons (Fsp3) is 0.333. The lowest BCUT2D eigenvalue weighted by molar-refractivity contribution is -0.143. The summed E-state index contributed by atoms with van der Waals surface area (Å²) in [6, 6.07) is 21.1. The zero-order valence-corrected chi connectivity index (χ0v) is 47.0. The maximum atomic E-state index is 15.1. The Hall–Kier alpha value is -9.37. The first-order valence-corrected chi connectivity index (χ1v) is 29.5. The first-order valence-electron chi connectivity index (χ1n) is 27.9. The van der Waals surface area contributed by atoms with Crippen molar-refractivity contribution < 1.29 is 66.3 Å². The number of amides is 9. The van der Waals surface area contributed by atoms with Crippen molar-refractivity contribution in [1.29, 1.82) is 0 Å². The van der Waals surface area contributed by atoms with Gasteiger partial charge in [0.15, 0.2) is 0 Å². The summed E-state index contributed by atoms with van der Waals surface area (Å²) in [5, 5.41) is 15.1. The van der Waals surface area contributed by atoms with Gasteiger partial charge in [0.1, 0.15) is 29.9 Å². The number of halogens is 2. The van der Waals surface area contributed by atoms with E-state index in [9.17, 15) is 61.5 Å². The molecule has 3 saturated heterocycles. The minimum atomic E-state index is -5.95. The van der Waals surface area contributed by atoms with Gasteiger partial charge in [0, 0.05) is 78.7 Å². The standard InChI is InChI=1S/C60H60F2N11O12P/c61-60(62,86(83,84)85)40-18-20-44-38(29-40)30-46(65-44)54(77)67-47-34-70(57(80)39-31-64-71(32-39)27-9-3-8-11-35-16-10-17-42-43(35)33-72(58(42)81)48-23-25-51(75)68-55(48)78)28-26-41-19-22-49(73(41)59(47)82)56(79)66-45(21-24-50(63)74)53(76)69-52(36-12-4-1-5-13-36)37-14-6-2-7-15-37/h1-2,4-7,10,12-18,20,29-32,41,45,47-49,52,65H,3,9,19,21-28,33-34H2,(H2,63,74)(H,66,79)(H,67,77)(H,69,76)(H,68,75,78)(H2,83,84,85)/t41-,45+,47+,48?,49+/m1/s1. The molecule has 3 fully saturated rings. The molecule has 0 spiro atoms. The topological polar surface area (TPSA) is 329 Å². The molecule has 4 aliphatic heterocycles. The molecule has 0 aliphatic carbocycles. The number of carbonyl (C=O) groups is 9. The molecule has 9 N–H and O–H groups in total. The van der Waals surface area contributed by atoms with Crippen LogP contribution >= 0.6 is 7.60 Å². The van der Waals surface area contributed by atoms with Crippen molar-refractivity contribution in [3.8, 4) is 11.8 Å². The number of hydrogen-bond acceptors (Lipinski definition) is 11. The van der Waals surface area contributed by atoms with Crippen molar-refractivity contribution in [2.75, 3.05) is 13.1 Å². The molecular formula is C60H60F2N11O12P. The maximum Gasteiger partial charge on any atom is 0.399 e. The molecule has 26 heteroatoms. The molecule has 4 aromatic carbocycles. The van der Waals surface area contributed by atoms with E-state index in [0.717, 1.165) is 35.4 Å². The van der Waals surface area contributed by atoms with E-state index >= 15 is 4.79 Å². The van der Waals surface area contributed by atoms with Crippen LogP contribution in [0.5, 0.6) is 0 Å². The average molecular weight is 1200 g/mol. The van der Waals surface area contributed by atoms with Gasteiger partial charge in [0.25, 0.3) is 17.7 Å². The number of aromatic nitrogens is 3. The number of primary amides is 1. The quantitative estimate of drug-likeness (QED) is 0.0263. The van der Waals surface area contributed by atoms with Gasteiger partial charge in [-0.25, -0.2) is 0 Å². The summed E-state index contributed by atoms with van der Waals surface area (Å²) < 4.78 is 42.8. The summed E-state index contributed by atoms with van der Waals surface area (Å²) in [4.78, 5) is 148. The van der Waals surface area contributed by atoms with Crippen molar-refractivity contribution in [1.82, 2.24) is 50.7 Å². The first-order chi connectivity index (χ1) is 41.1. The van der Waals surface area contributed by atoms with E-state index in [1.54, 1.807) is 22.9 Å². The summed E-state index contributed by atoms with van der Waals surface area (Å²) >= 11 is 0. The van der Waals surface area contributed by atoms with Crippen LogP contribution in [0.25, 0.3) is 10.9 Å². The van der Waals surface area contributed by atoms with E-state index in [0.29, 0.717) is 36.1 Å². The molecule has 6 aromatic rings. The van der Waals surface area contributed by atoms with E-state index < -0.39 is 103 Å². The Labute approximate surface area is 490 Å². The molecule has 0 saturated carbocycles. The Kier molecular flexibility index (Phi) is 17.4. The molecular weight excluding hydrogens is 1140 g/mol. The third-order valence-corrected chi connectivity index (χ3v) is 16.9. The van der Waals surface area contributed by atoms with Crippen LogP contribution in [-0.2, 0) is 52.1 Å². The van der Waals surface area contributed by atoms with Gasteiger partial charge in [-0.2, -0.15) is 13.9 Å². The Balaban J connectivity index is 0.853. The molecule has 1 unspecified atom stereocenters. The van der Waals surface area contributed by atoms with Crippen LogP contribution in [0.4, 0.5) is 8.78 Å². The van der Waals surface area contributed by atoms with Gasteiger partial charge in [-0.05, 0) is 85.5 Å². The highest BCUT2D eigenvalue weighted by atomic mass is 31.2. The van der Waals surface area contributed by atoms with Gasteiger partial charge < -0.3 is 51.2 Å². The minimum absolute atomic E-state index is 0.0205. The Bertz CT molecular complexity index is 3750. The van der Waals surface area contributed by atoms with Crippen molar-refractivity contribution in [2.45, 2.75) is 113 Å². The van der Waals surface area contributed by atoms with Crippen LogP contribution < -0.4 is 27.0 Å². The number of imide groups is 1. The highest BCUT2D eigenvalue weighted by Gasteiger charge is 2.51. The van der Waals surface area contributed by atoms with Crippen molar-refractivity contribution in [2.24, 2.45) is 5.73 Å². The van der Waals surface area contributed by atoms with Gasteiger partial charge in [0.2, 0.25) is 35.4 Å². The number of carbonyl (C=O) groups excluding carboxylic acids is 9. The zero-order valence-electron chi connectivity index (χ0n) is 46.1. The molecule has 446 valence electrons. The Morgan fingerprint density at radius 2 is 1.62 bits per heavy atom. The number of aryl methyl sites for hydroxylation is 1. The number of alkyl halides is 2. The van der Waals surface area contributed by atoms with Gasteiger partial charge >= 0.3 is 13.3 Å². The third-order valence-electron chi connectivity index (χ3n) is 15.9. The molecule has 9 amide bonds. The second kappa shape index (κ2) is 25.1. The van der Waals surface area contributed by atoms with E-state index in [-0.39, 0.29) is 92.0 Å². The second-order valence-electron chi connectivity index (χ2n) is 21.6. The summed E-state index contributed by atoms with van der Waals surface area (Å²) in [7, 11) is -5.95. The number of piperidine rings is 1. The third kappa shape index (κ3) is 12.8. The number of fused-ring (bicyclic) bond motifs is 3. The van der Waals surface area contributed by atoms with Crippen LogP contribution in [0, 0.1) is 11.8 Å². The maximum absolute atomic E-state index is 15.1. The number of nitrogens with two attached hydrogens (primary N) is 1. The predicted octanol–water partition coefficient (Wildman–Crippen LogP) is 3.84. The molecule has 86 heavy (non-hydrogen) atoms. The smallest absolute Gasteiger partial charge is 0.370 e. The van der Waals surface area contributed by atoms with Gasteiger partial charge in [0.05, 0.1) is 24.3 Å². The number of benzene rings is 4. The van der Waals surface area contributed by atoms with E-state index in [1.807, 2.05) is 60.7 Å². The lowest BCUT2D eigenvalue weighted by Gasteiger charge is -2.38. The summed E-state index contributed by atoms with van der Waals surface area (Å²) in [5.74, 6) is 0.746. The number of nitrogens with one attached hydrogen (secondary N) is 5. The van der Waals surface area contributed by atoms with E-state index in [4.69, 9.17) is 5.73 Å². The van der Waals surface area contributed by atoms with Crippen LogP contribution in [0.3, 0.4) is 0 Å². The van der Waals surface area contributed by atoms with E-state index in [2.05, 4.69) is 43.2 Å². The van der Waals surface area contributed by atoms with Crippen LogP contribution in [0.1, 0.15) is 123 Å². The highest BCUT2D eigenvalue weighted by Crippen LogP contribution is 2.59. The minimum Gasteiger partial charge on any atom is -0.370 e. The van der Waals surface area contributed by atoms with E-state index in [1.165, 1.54) is 27.1 Å². The van der Waals surface area contributed by atoms with Gasteiger partial charge in [-0.15, -0.1) is 0 Å². The second-order valence-corrected chi connectivity index (χ2v) is 23.2. The van der Waals surface area contributed by atoms with Gasteiger partial charge in [-0.3, -0.25) is 57.7 Å². The van der Waals surface area contributed by atoms with Crippen molar-refractivity contribution in [3.05, 3.63) is 160 Å². The summed E-state index contributed by atoms with van der Waals surface area (Å²) in [6.07, 6.45) is 4.24. The lowest BCUT2D eigenvalue weighted by atomic mass is 9.98. The predicted molar refractivity (Wildman–Crippen MR) is 304 cm³/mol. The Morgan fingerprint density at radius 1 is 0.884 bits per heavy atom. The molecule has 6 heterocycles. The van der Waals surface area contributed by atoms with Gasteiger partial charge in [-0.1, -0.05) is 84.6 Å². The normalized spacial score (nSPS) is 19.2. The SMILES string of the molecule is NC(=O)CC[C@H](NC(=O)[C@@H]1CC[C@@H]2CCN(C(=O)c3cnn(CCCC#Cc4cccc5c4CN(C4CCC(=O)NC4=O)C5=O)c3)C[C@H](NC(=O)c3cc4cc(C(F)(F)P(=O)(O)O)ccc4[nH]3)C(=O)N21)C(=O)NC(c1ccccc1)c1ccccc1. The van der Waals surface area contributed by atoms with Crippen LogP contribution in [-0.4, -0.2) is 136 Å². The fourth-order valence-corrected chi connectivity index (χ4v) is 11.9. The molecule has 5 atom stereocenters. The summed E-state index contributed by atoms with van der Waals surface area (Å²) in [5.41, 5.74) is 3.25. The molecule has 0 bridgehead atoms. The highest BCUT2D eigenvalue weighted by molar-refractivity contribution is 7.52. The number of nitrogens with zero attached hydrogens (tertiary/aromatic N) is 5. The first kappa shape index (κ1) is 59.8. The largest absolute Gasteiger partial charge is 0.399 e. The summed E-state index contributed by atoms with van der Waals surface area (Å²) in [6.45, 7) is 0.108. The molecule has 23 nitrogen and oxygen atoms in total. The van der Waals surface area contributed by atoms with Crippen molar-refractivity contribution >= 4 is 71.7 Å². The van der Waals surface area contributed by atoms with Crippen LogP contribution in [0.2, 0.25) is 0 Å². The molecule has 4 aliphatic rings. The molecule has 10 rings (SSSR count). The van der Waals surface area contributed by atoms with Crippen LogP contribution in [0.15, 0.2) is 116 Å². The monoisotopic (exact) mass is 1200 g/mol. The Morgan fingerprint density at radius 3 is 2.31 bits per heavy atom.